The molecule has 1 aromatic heterocycles. The monoisotopic (exact) mass is 353 g/mol. The SMILES string of the molecule is Cc1cccc(C(C)C)c1Nc1nccc(C(=O)N2CCN(C)CC2)n1. The largest absolute Gasteiger partial charge is 0.335 e. The molecule has 2 heterocycles. The number of aromatic nitrogens is 2. The number of carbonyl (C=O) groups is 1. The highest BCUT2D eigenvalue weighted by molar-refractivity contribution is 5.92. The number of anilines is 2. The quantitative estimate of drug-likeness (QED) is 0.915. The molecule has 0 aliphatic carbocycles. The Morgan fingerprint density at radius 1 is 1.15 bits per heavy atom. The molecule has 6 nitrogen and oxygen atoms in total. The van der Waals surface area contributed by atoms with E-state index < -0.39 is 0 Å². The molecule has 3 rings (SSSR count). The summed E-state index contributed by atoms with van der Waals surface area (Å²) >= 11 is 0. The first kappa shape index (κ1) is 18.3. The van der Waals surface area contributed by atoms with Crippen LogP contribution in [0, 0.1) is 6.92 Å². The Labute approximate surface area is 155 Å². The van der Waals surface area contributed by atoms with E-state index in [9.17, 15) is 4.79 Å². The van der Waals surface area contributed by atoms with E-state index in [1.807, 2.05) is 4.90 Å². The first-order valence-corrected chi connectivity index (χ1v) is 9.13. The lowest BCUT2D eigenvalue weighted by molar-refractivity contribution is 0.0658. The average Bonchev–Trinajstić information content (AvgIpc) is 2.63. The number of amides is 1. The normalized spacial score (nSPS) is 15.3. The van der Waals surface area contributed by atoms with Gasteiger partial charge in [0.15, 0.2) is 0 Å². The first-order chi connectivity index (χ1) is 12.5. The Hall–Kier alpha value is -2.47. The summed E-state index contributed by atoms with van der Waals surface area (Å²) in [7, 11) is 2.07. The molecule has 1 N–H and O–H groups in total. The van der Waals surface area contributed by atoms with Crippen LogP contribution in [0.15, 0.2) is 30.5 Å². The number of piperazine rings is 1. The van der Waals surface area contributed by atoms with E-state index in [1.165, 1.54) is 5.56 Å². The highest BCUT2D eigenvalue weighted by Crippen LogP contribution is 2.29. The number of nitrogens with zero attached hydrogens (tertiary/aromatic N) is 4. The number of nitrogens with one attached hydrogen (secondary N) is 1. The molecule has 1 fully saturated rings. The Balaban J connectivity index is 1.81. The molecule has 26 heavy (non-hydrogen) atoms. The smallest absolute Gasteiger partial charge is 0.272 e. The average molecular weight is 353 g/mol. The molecule has 1 aliphatic rings. The van der Waals surface area contributed by atoms with Crippen molar-refractivity contribution in [2.45, 2.75) is 26.7 Å². The number of carbonyl (C=O) groups excluding carboxylic acids is 1. The zero-order valence-electron chi connectivity index (χ0n) is 16.0. The molecule has 1 amide bonds. The topological polar surface area (TPSA) is 61.4 Å². The van der Waals surface area contributed by atoms with Crippen molar-refractivity contribution in [2.24, 2.45) is 0 Å². The van der Waals surface area contributed by atoms with Gasteiger partial charge in [-0.3, -0.25) is 4.79 Å². The summed E-state index contributed by atoms with van der Waals surface area (Å²) in [4.78, 5) is 25.6. The van der Waals surface area contributed by atoms with E-state index in [4.69, 9.17) is 0 Å². The maximum absolute atomic E-state index is 12.7. The van der Waals surface area contributed by atoms with Crippen LogP contribution in [-0.4, -0.2) is 58.9 Å². The molecule has 0 bridgehead atoms. The number of likely N-dealkylation sites (N-methyl/N-ethyl adjacent to an activating group) is 1. The van der Waals surface area contributed by atoms with Crippen molar-refractivity contribution >= 4 is 17.5 Å². The van der Waals surface area contributed by atoms with Gasteiger partial charge in [0, 0.05) is 38.1 Å². The minimum atomic E-state index is -0.0302. The molecule has 0 atom stereocenters. The van der Waals surface area contributed by atoms with E-state index in [2.05, 4.69) is 66.2 Å². The summed E-state index contributed by atoms with van der Waals surface area (Å²) in [5.74, 6) is 0.811. The third-order valence-corrected chi connectivity index (χ3v) is 4.83. The molecule has 2 aromatic rings. The number of aryl methyl sites for hydroxylation is 1. The van der Waals surface area contributed by atoms with Gasteiger partial charge in [0.1, 0.15) is 5.69 Å². The fourth-order valence-electron chi connectivity index (χ4n) is 3.16. The summed E-state index contributed by atoms with van der Waals surface area (Å²) < 4.78 is 0. The van der Waals surface area contributed by atoms with Crippen LogP contribution in [-0.2, 0) is 0 Å². The number of rotatable bonds is 4. The lowest BCUT2D eigenvalue weighted by Gasteiger charge is -2.32. The molecule has 0 radical (unpaired) electrons. The molecule has 0 saturated carbocycles. The van der Waals surface area contributed by atoms with Crippen molar-refractivity contribution in [1.82, 2.24) is 19.8 Å². The van der Waals surface area contributed by atoms with Crippen LogP contribution in [0.2, 0.25) is 0 Å². The van der Waals surface area contributed by atoms with Crippen LogP contribution in [0.1, 0.15) is 41.4 Å². The maximum atomic E-state index is 12.7. The fourth-order valence-corrected chi connectivity index (χ4v) is 3.16. The molecule has 1 aromatic carbocycles. The van der Waals surface area contributed by atoms with Gasteiger partial charge < -0.3 is 15.1 Å². The van der Waals surface area contributed by atoms with E-state index in [0.29, 0.717) is 17.6 Å². The maximum Gasteiger partial charge on any atom is 0.272 e. The van der Waals surface area contributed by atoms with Crippen molar-refractivity contribution in [3.63, 3.8) is 0 Å². The van der Waals surface area contributed by atoms with Crippen molar-refractivity contribution in [1.29, 1.82) is 0 Å². The zero-order chi connectivity index (χ0) is 18.7. The van der Waals surface area contributed by atoms with Gasteiger partial charge in [-0.2, -0.15) is 0 Å². The summed E-state index contributed by atoms with van der Waals surface area (Å²) in [5.41, 5.74) is 3.80. The van der Waals surface area contributed by atoms with Crippen LogP contribution in [0.4, 0.5) is 11.6 Å². The van der Waals surface area contributed by atoms with Crippen molar-refractivity contribution in [3.8, 4) is 0 Å². The number of benzene rings is 1. The highest BCUT2D eigenvalue weighted by Gasteiger charge is 2.22. The van der Waals surface area contributed by atoms with E-state index in [0.717, 1.165) is 37.4 Å². The van der Waals surface area contributed by atoms with E-state index >= 15 is 0 Å². The molecular formula is C20H27N5O. The lowest BCUT2D eigenvalue weighted by atomic mass is 9.98. The van der Waals surface area contributed by atoms with Crippen LogP contribution in [0.3, 0.4) is 0 Å². The first-order valence-electron chi connectivity index (χ1n) is 9.13. The van der Waals surface area contributed by atoms with Crippen LogP contribution in [0.25, 0.3) is 0 Å². The third-order valence-electron chi connectivity index (χ3n) is 4.83. The van der Waals surface area contributed by atoms with Gasteiger partial charge in [-0.1, -0.05) is 32.0 Å². The number of hydrogen-bond acceptors (Lipinski definition) is 5. The fraction of sp³-hybridized carbons (Fsp3) is 0.450. The molecular weight excluding hydrogens is 326 g/mol. The summed E-state index contributed by atoms with van der Waals surface area (Å²) in [6.07, 6.45) is 1.64. The summed E-state index contributed by atoms with van der Waals surface area (Å²) in [5, 5.41) is 3.33. The Kier molecular flexibility index (Phi) is 5.52. The van der Waals surface area contributed by atoms with Gasteiger partial charge in [0.25, 0.3) is 5.91 Å². The number of hydrogen-bond donors (Lipinski definition) is 1. The van der Waals surface area contributed by atoms with Crippen LogP contribution >= 0.6 is 0 Å². The van der Waals surface area contributed by atoms with Crippen molar-refractivity contribution in [3.05, 3.63) is 47.3 Å². The second kappa shape index (κ2) is 7.83. The molecule has 0 spiro atoms. The summed E-state index contributed by atoms with van der Waals surface area (Å²) in [6.45, 7) is 9.64. The summed E-state index contributed by atoms with van der Waals surface area (Å²) in [6, 6.07) is 7.92. The molecule has 0 unspecified atom stereocenters. The van der Waals surface area contributed by atoms with Crippen molar-refractivity contribution < 1.29 is 4.79 Å². The standard InChI is InChI=1S/C20H27N5O/c1-14(2)16-7-5-6-15(3)18(16)23-20-21-9-8-17(22-20)19(26)25-12-10-24(4)11-13-25/h5-9,14H,10-13H2,1-4H3,(H,21,22,23). The molecule has 138 valence electrons. The Bertz CT molecular complexity index is 782. The molecule has 1 aliphatic heterocycles. The van der Waals surface area contributed by atoms with E-state index in [1.54, 1.807) is 12.3 Å². The second-order valence-electron chi connectivity index (χ2n) is 7.18. The predicted molar refractivity (Wildman–Crippen MR) is 104 cm³/mol. The Morgan fingerprint density at radius 2 is 1.88 bits per heavy atom. The van der Waals surface area contributed by atoms with Gasteiger partial charge in [-0.15, -0.1) is 0 Å². The van der Waals surface area contributed by atoms with Crippen molar-refractivity contribution in [2.75, 3.05) is 38.5 Å². The predicted octanol–water partition coefficient (Wildman–Crippen LogP) is 3.04. The lowest BCUT2D eigenvalue weighted by Crippen LogP contribution is -2.47. The molecule has 6 heteroatoms. The van der Waals surface area contributed by atoms with Gasteiger partial charge in [-0.05, 0) is 37.1 Å². The minimum Gasteiger partial charge on any atom is -0.335 e. The zero-order valence-corrected chi connectivity index (χ0v) is 16.0. The highest BCUT2D eigenvalue weighted by atomic mass is 16.2. The van der Waals surface area contributed by atoms with Gasteiger partial charge in [-0.25, -0.2) is 9.97 Å². The second-order valence-corrected chi connectivity index (χ2v) is 7.18. The molecule has 1 saturated heterocycles. The van der Waals surface area contributed by atoms with Gasteiger partial charge >= 0.3 is 0 Å². The van der Waals surface area contributed by atoms with E-state index in [-0.39, 0.29) is 5.91 Å². The van der Waals surface area contributed by atoms with Crippen LogP contribution < -0.4 is 5.32 Å². The number of para-hydroxylation sites is 1. The third kappa shape index (κ3) is 4.02. The van der Waals surface area contributed by atoms with Gasteiger partial charge in [0.2, 0.25) is 5.95 Å². The Morgan fingerprint density at radius 3 is 2.58 bits per heavy atom. The van der Waals surface area contributed by atoms with Gasteiger partial charge in [0.05, 0.1) is 0 Å². The minimum absolute atomic E-state index is 0.0302. The van der Waals surface area contributed by atoms with Crippen LogP contribution in [0.5, 0.6) is 0 Å².